The number of benzene rings is 1. The highest BCUT2D eigenvalue weighted by atomic mass is 16.2. The lowest BCUT2D eigenvalue weighted by Crippen LogP contribution is -3.16. The van der Waals surface area contributed by atoms with Gasteiger partial charge in [0.05, 0.1) is 17.6 Å². The zero-order valence-corrected chi connectivity index (χ0v) is 16.4. The van der Waals surface area contributed by atoms with Crippen LogP contribution in [0.1, 0.15) is 13.8 Å². The molecule has 7 nitrogen and oxygen atoms in total. The highest BCUT2D eigenvalue weighted by Gasteiger charge is 2.44. The lowest BCUT2D eigenvalue weighted by molar-refractivity contribution is -0.892. The van der Waals surface area contributed by atoms with Gasteiger partial charge in [0.15, 0.2) is 6.54 Å². The number of nitrogens with one attached hydrogen (secondary N) is 3. The summed E-state index contributed by atoms with van der Waals surface area (Å²) in [5.41, 5.74) is 0.555. The number of rotatable bonds is 3. The monoisotopic (exact) mass is 381 g/mol. The van der Waals surface area contributed by atoms with Crippen LogP contribution in [0, 0.1) is 0 Å². The third kappa shape index (κ3) is 3.33. The van der Waals surface area contributed by atoms with Crippen LogP contribution < -0.4 is 25.0 Å². The van der Waals surface area contributed by atoms with E-state index in [0.717, 1.165) is 37.7 Å². The molecule has 146 valence electrons. The first-order valence-corrected chi connectivity index (χ1v) is 9.75. The summed E-state index contributed by atoms with van der Waals surface area (Å²) >= 11 is 0. The van der Waals surface area contributed by atoms with E-state index in [9.17, 15) is 9.59 Å². The predicted molar refractivity (Wildman–Crippen MR) is 107 cm³/mol. The van der Waals surface area contributed by atoms with Crippen LogP contribution >= 0.6 is 0 Å². The molecular formula is C21H27N5O2+2. The Labute approximate surface area is 164 Å². The lowest BCUT2D eigenvalue weighted by Gasteiger charge is -2.42. The van der Waals surface area contributed by atoms with Crippen molar-refractivity contribution in [3.05, 3.63) is 48.7 Å². The lowest BCUT2D eigenvalue weighted by atomic mass is 9.96. The number of pyridine rings is 1. The number of carbonyl (C=O) groups is 2. The van der Waals surface area contributed by atoms with Gasteiger partial charge in [0.2, 0.25) is 5.91 Å². The van der Waals surface area contributed by atoms with Gasteiger partial charge in [-0.25, -0.2) is 4.98 Å². The summed E-state index contributed by atoms with van der Waals surface area (Å²) in [6.07, 6.45) is 1.93. The molecule has 2 aromatic rings. The zero-order chi connectivity index (χ0) is 19.7. The van der Waals surface area contributed by atoms with Crippen LogP contribution in [0.25, 0.3) is 0 Å². The molecule has 0 saturated carbocycles. The highest BCUT2D eigenvalue weighted by Crippen LogP contribution is 2.36. The molecule has 2 amide bonds. The Morgan fingerprint density at radius 2 is 1.86 bits per heavy atom. The van der Waals surface area contributed by atoms with Crippen LogP contribution in [0.15, 0.2) is 48.7 Å². The van der Waals surface area contributed by atoms with Crippen LogP contribution in [0.4, 0.5) is 17.2 Å². The molecule has 3 N–H and O–H groups in total. The molecular weight excluding hydrogens is 354 g/mol. The predicted octanol–water partition coefficient (Wildman–Crippen LogP) is -0.0305. The summed E-state index contributed by atoms with van der Waals surface area (Å²) in [5, 5.41) is 2.91. The smallest absolute Gasteiger partial charge is 0.283 e. The van der Waals surface area contributed by atoms with Crippen molar-refractivity contribution in [2.75, 3.05) is 47.8 Å². The molecule has 0 atom stereocenters. The van der Waals surface area contributed by atoms with E-state index in [1.807, 2.05) is 42.6 Å². The quantitative estimate of drug-likeness (QED) is 0.784. The van der Waals surface area contributed by atoms with Gasteiger partial charge in [-0.2, -0.15) is 0 Å². The first kappa shape index (κ1) is 18.4. The standard InChI is InChI=1S/C21H25N5O2/c1-21(2)20(28)23-16-7-3-4-8-17(16)26(21)19(27)15-24-11-13-25(14-12-24)18-9-5-6-10-22-18/h3-10H,11-15H2,1-2H3,(H,23,28)/p+2. The van der Waals surface area contributed by atoms with E-state index < -0.39 is 5.54 Å². The minimum absolute atomic E-state index is 0.0120. The van der Waals surface area contributed by atoms with E-state index >= 15 is 0 Å². The molecule has 4 rings (SSSR count). The Hall–Kier alpha value is -2.93. The number of aromatic amines is 1. The van der Waals surface area contributed by atoms with Crippen molar-refractivity contribution in [3.8, 4) is 0 Å². The molecule has 0 aliphatic carbocycles. The number of H-pyrrole nitrogens is 1. The number of fused-ring (bicyclic) bond motifs is 1. The second kappa shape index (κ2) is 7.24. The number of aromatic nitrogens is 1. The number of quaternary nitrogens is 1. The molecule has 1 saturated heterocycles. The zero-order valence-electron chi connectivity index (χ0n) is 16.4. The van der Waals surface area contributed by atoms with Gasteiger partial charge in [-0.05, 0) is 32.0 Å². The largest absolute Gasteiger partial charge is 0.322 e. The molecule has 2 aliphatic rings. The topological polar surface area (TPSA) is 71.2 Å². The van der Waals surface area contributed by atoms with E-state index in [1.54, 1.807) is 18.7 Å². The third-order valence-electron chi connectivity index (χ3n) is 5.66. The van der Waals surface area contributed by atoms with Gasteiger partial charge < -0.3 is 10.2 Å². The van der Waals surface area contributed by atoms with Gasteiger partial charge in [0.25, 0.3) is 11.7 Å². The van der Waals surface area contributed by atoms with Gasteiger partial charge >= 0.3 is 0 Å². The number of para-hydroxylation sites is 2. The number of hydrogen-bond acceptors (Lipinski definition) is 3. The van der Waals surface area contributed by atoms with Crippen LogP contribution in [-0.2, 0) is 9.59 Å². The van der Waals surface area contributed by atoms with Crippen molar-refractivity contribution in [2.45, 2.75) is 19.4 Å². The average molecular weight is 381 g/mol. The van der Waals surface area contributed by atoms with E-state index in [4.69, 9.17) is 0 Å². The van der Waals surface area contributed by atoms with Crippen LogP contribution in [0.3, 0.4) is 0 Å². The summed E-state index contributed by atoms with van der Waals surface area (Å²) < 4.78 is 0. The van der Waals surface area contributed by atoms with E-state index in [2.05, 4.69) is 21.3 Å². The fraction of sp³-hybridized carbons (Fsp3) is 0.381. The molecule has 7 heteroatoms. The number of piperazine rings is 1. The fourth-order valence-electron chi connectivity index (χ4n) is 4.01. The molecule has 2 aliphatic heterocycles. The summed E-state index contributed by atoms with van der Waals surface area (Å²) in [6, 6.07) is 13.6. The molecule has 1 fully saturated rings. The van der Waals surface area contributed by atoms with Crippen LogP contribution in [0.5, 0.6) is 0 Å². The highest BCUT2D eigenvalue weighted by molar-refractivity contribution is 6.14. The molecule has 1 aromatic heterocycles. The Balaban J connectivity index is 1.46. The summed E-state index contributed by atoms with van der Waals surface area (Å²) in [4.78, 5) is 34.3. The third-order valence-corrected chi connectivity index (χ3v) is 5.66. The number of nitrogens with zero attached hydrogens (tertiary/aromatic N) is 2. The SMILES string of the molecule is CC1(C)C(=O)Nc2ccccc2N1C(=O)C[NH+]1CCN(c2cccc[nH+]2)CC1. The van der Waals surface area contributed by atoms with Gasteiger partial charge in [0, 0.05) is 6.07 Å². The van der Waals surface area contributed by atoms with Gasteiger partial charge in [-0.1, -0.05) is 18.2 Å². The van der Waals surface area contributed by atoms with Crippen LogP contribution in [-0.4, -0.2) is 50.1 Å². The fourth-order valence-corrected chi connectivity index (χ4v) is 4.01. The normalized spacial score (nSPS) is 19.1. The number of hydrogen-bond donors (Lipinski definition) is 2. The van der Waals surface area contributed by atoms with Crippen molar-refractivity contribution in [3.63, 3.8) is 0 Å². The second-order valence-corrected chi connectivity index (χ2v) is 7.92. The minimum atomic E-state index is -0.911. The molecule has 0 bridgehead atoms. The molecule has 28 heavy (non-hydrogen) atoms. The summed E-state index contributed by atoms with van der Waals surface area (Å²) in [7, 11) is 0. The Kier molecular flexibility index (Phi) is 4.77. The Bertz CT molecular complexity index is 875. The number of amides is 2. The van der Waals surface area contributed by atoms with Crippen molar-refractivity contribution >= 4 is 29.0 Å². The van der Waals surface area contributed by atoms with Crippen molar-refractivity contribution in [1.29, 1.82) is 0 Å². The van der Waals surface area contributed by atoms with Crippen LogP contribution in [0.2, 0.25) is 0 Å². The maximum absolute atomic E-state index is 13.2. The molecule has 0 radical (unpaired) electrons. The summed E-state index contributed by atoms with van der Waals surface area (Å²) in [6.45, 7) is 7.54. The maximum atomic E-state index is 13.2. The molecule has 3 heterocycles. The molecule has 0 unspecified atom stereocenters. The van der Waals surface area contributed by atoms with E-state index in [-0.39, 0.29) is 11.8 Å². The maximum Gasteiger partial charge on any atom is 0.283 e. The minimum Gasteiger partial charge on any atom is -0.322 e. The van der Waals surface area contributed by atoms with Gasteiger partial charge in [0.1, 0.15) is 31.7 Å². The first-order valence-electron chi connectivity index (χ1n) is 9.75. The summed E-state index contributed by atoms with van der Waals surface area (Å²) in [5.74, 6) is 0.941. The Morgan fingerprint density at radius 3 is 2.57 bits per heavy atom. The van der Waals surface area contributed by atoms with Crippen molar-refractivity contribution in [1.82, 2.24) is 0 Å². The molecule has 0 spiro atoms. The number of anilines is 3. The molecule has 1 aromatic carbocycles. The van der Waals surface area contributed by atoms with E-state index in [0.29, 0.717) is 12.2 Å². The second-order valence-electron chi connectivity index (χ2n) is 7.92. The van der Waals surface area contributed by atoms with Gasteiger partial charge in [-0.3, -0.25) is 19.4 Å². The Morgan fingerprint density at radius 1 is 1.14 bits per heavy atom. The van der Waals surface area contributed by atoms with Crippen molar-refractivity contribution in [2.24, 2.45) is 0 Å². The average Bonchev–Trinajstić information content (AvgIpc) is 2.70. The number of carbonyl (C=O) groups excluding carboxylic acids is 2. The first-order chi connectivity index (χ1) is 13.5. The van der Waals surface area contributed by atoms with Gasteiger partial charge in [-0.15, -0.1) is 0 Å². The van der Waals surface area contributed by atoms with Crippen molar-refractivity contribution < 1.29 is 19.5 Å². The van der Waals surface area contributed by atoms with E-state index in [1.165, 1.54) is 4.90 Å².